The van der Waals surface area contributed by atoms with Crippen molar-refractivity contribution in [1.82, 2.24) is 0 Å². The van der Waals surface area contributed by atoms with Crippen LogP contribution in [-0.4, -0.2) is 12.6 Å². The molecule has 0 aliphatic carbocycles. The van der Waals surface area contributed by atoms with Crippen molar-refractivity contribution in [2.45, 2.75) is 68.2 Å². The molecule has 2 heteroatoms. The molecular formula is C16H32O2. The summed E-state index contributed by atoms with van der Waals surface area (Å²) in [7, 11) is 0. The van der Waals surface area contributed by atoms with Crippen molar-refractivity contribution in [3.63, 3.8) is 0 Å². The van der Waals surface area contributed by atoms with E-state index in [0.717, 1.165) is 12.8 Å². The summed E-state index contributed by atoms with van der Waals surface area (Å²) in [5, 5.41) is 0. The third kappa shape index (κ3) is 4.62. The maximum absolute atomic E-state index is 12.4. The molecule has 0 aromatic rings. The minimum atomic E-state index is -0.405. The fourth-order valence-corrected chi connectivity index (χ4v) is 1.94. The summed E-state index contributed by atoms with van der Waals surface area (Å²) in [4.78, 5) is 12.4. The van der Waals surface area contributed by atoms with E-state index in [2.05, 4.69) is 55.4 Å². The molecule has 0 amide bonds. The molecule has 0 saturated carbocycles. The fraction of sp³-hybridized carbons (Fsp3) is 0.938. The van der Waals surface area contributed by atoms with Gasteiger partial charge in [0.2, 0.25) is 0 Å². The van der Waals surface area contributed by atoms with Gasteiger partial charge < -0.3 is 4.74 Å². The van der Waals surface area contributed by atoms with Crippen LogP contribution in [-0.2, 0) is 9.53 Å². The third-order valence-corrected chi connectivity index (χ3v) is 4.11. The smallest absolute Gasteiger partial charge is 0.312 e. The summed E-state index contributed by atoms with van der Waals surface area (Å²) in [6, 6.07) is 0. The number of ether oxygens (including phenoxy) is 1. The van der Waals surface area contributed by atoms with Gasteiger partial charge in [-0.25, -0.2) is 0 Å². The monoisotopic (exact) mass is 256 g/mol. The van der Waals surface area contributed by atoms with Gasteiger partial charge in [0.25, 0.3) is 0 Å². The molecule has 18 heavy (non-hydrogen) atoms. The quantitative estimate of drug-likeness (QED) is 0.645. The van der Waals surface area contributed by atoms with Crippen LogP contribution in [0.5, 0.6) is 0 Å². The van der Waals surface area contributed by atoms with Gasteiger partial charge in [0, 0.05) is 0 Å². The molecular weight excluding hydrogens is 224 g/mol. The molecule has 2 nitrogen and oxygen atoms in total. The molecule has 0 aliphatic heterocycles. The van der Waals surface area contributed by atoms with Gasteiger partial charge in [0.05, 0.1) is 12.0 Å². The molecule has 0 fully saturated rings. The molecule has 0 saturated heterocycles. The van der Waals surface area contributed by atoms with E-state index in [-0.39, 0.29) is 11.4 Å². The molecule has 2 unspecified atom stereocenters. The lowest BCUT2D eigenvalue weighted by Crippen LogP contribution is -2.43. The molecule has 108 valence electrons. The number of rotatable bonds is 6. The van der Waals surface area contributed by atoms with Crippen LogP contribution in [0.2, 0.25) is 0 Å². The highest BCUT2D eigenvalue weighted by Gasteiger charge is 2.46. The van der Waals surface area contributed by atoms with Gasteiger partial charge in [-0.05, 0) is 30.6 Å². The summed E-state index contributed by atoms with van der Waals surface area (Å²) < 4.78 is 5.50. The second kappa shape index (κ2) is 6.58. The normalized spacial score (nSPS) is 17.4. The van der Waals surface area contributed by atoms with Crippen molar-refractivity contribution in [3.8, 4) is 0 Å². The molecule has 0 bridgehead atoms. The highest BCUT2D eigenvalue weighted by atomic mass is 16.5. The summed E-state index contributed by atoms with van der Waals surface area (Å²) in [5.41, 5.74) is -0.484. The summed E-state index contributed by atoms with van der Waals surface area (Å²) in [6.07, 6.45) is 1.99. The number of hydrogen-bond donors (Lipinski definition) is 0. The van der Waals surface area contributed by atoms with Crippen LogP contribution in [0.3, 0.4) is 0 Å². The van der Waals surface area contributed by atoms with Crippen LogP contribution >= 0.6 is 0 Å². The highest BCUT2D eigenvalue weighted by molar-refractivity contribution is 5.77. The third-order valence-electron chi connectivity index (χ3n) is 4.11. The average Bonchev–Trinajstić information content (AvgIpc) is 2.23. The van der Waals surface area contributed by atoms with Crippen molar-refractivity contribution >= 4 is 5.97 Å². The Morgan fingerprint density at radius 2 is 1.61 bits per heavy atom. The predicted octanol–water partition coefficient (Wildman–Crippen LogP) is 4.67. The zero-order valence-corrected chi connectivity index (χ0v) is 13.6. The molecule has 0 aromatic heterocycles. The Balaban J connectivity index is 4.93. The van der Waals surface area contributed by atoms with Gasteiger partial charge in [-0.1, -0.05) is 54.9 Å². The van der Waals surface area contributed by atoms with Gasteiger partial charge in [-0.2, -0.15) is 0 Å². The first-order valence-electron chi connectivity index (χ1n) is 7.21. The van der Waals surface area contributed by atoms with E-state index in [1.807, 2.05) is 0 Å². The Labute approximate surface area is 113 Å². The summed E-state index contributed by atoms with van der Waals surface area (Å²) in [6.45, 7) is 17.5. The second-order valence-electron chi connectivity index (χ2n) is 7.29. The lowest BCUT2D eigenvalue weighted by atomic mass is 9.63. The van der Waals surface area contributed by atoms with E-state index in [0.29, 0.717) is 18.4 Å². The first-order valence-corrected chi connectivity index (χ1v) is 7.21. The van der Waals surface area contributed by atoms with Crippen molar-refractivity contribution in [2.75, 3.05) is 6.61 Å². The Morgan fingerprint density at radius 3 is 1.94 bits per heavy atom. The maximum atomic E-state index is 12.4. The van der Waals surface area contributed by atoms with Crippen LogP contribution in [0, 0.1) is 22.7 Å². The van der Waals surface area contributed by atoms with Gasteiger partial charge in [0.1, 0.15) is 0 Å². The zero-order valence-electron chi connectivity index (χ0n) is 13.6. The van der Waals surface area contributed by atoms with E-state index in [1.165, 1.54) is 0 Å². The second-order valence-corrected chi connectivity index (χ2v) is 7.29. The number of hydrogen-bond acceptors (Lipinski definition) is 2. The molecule has 0 aliphatic rings. The average molecular weight is 256 g/mol. The summed E-state index contributed by atoms with van der Waals surface area (Å²) >= 11 is 0. The van der Waals surface area contributed by atoms with Gasteiger partial charge in [-0.3, -0.25) is 4.79 Å². The van der Waals surface area contributed by atoms with E-state index in [4.69, 9.17) is 4.74 Å². The zero-order chi connectivity index (χ0) is 14.6. The Kier molecular flexibility index (Phi) is 6.39. The molecule has 0 rings (SSSR count). The highest BCUT2D eigenvalue weighted by Crippen LogP contribution is 2.45. The number of carbonyl (C=O) groups is 1. The van der Waals surface area contributed by atoms with E-state index in [1.54, 1.807) is 0 Å². The molecule has 2 atom stereocenters. The summed E-state index contributed by atoms with van der Waals surface area (Å²) in [5.74, 6) is 0.895. The van der Waals surface area contributed by atoms with Gasteiger partial charge >= 0.3 is 5.97 Å². The van der Waals surface area contributed by atoms with Crippen LogP contribution in [0.4, 0.5) is 0 Å². The van der Waals surface area contributed by atoms with Crippen molar-refractivity contribution in [1.29, 1.82) is 0 Å². The van der Waals surface area contributed by atoms with Gasteiger partial charge in [0.15, 0.2) is 0 Å². The lowest BCUT2D eigenvalue weighted by Gasteiger charge is -2.41. The fourth-order valence-electron chi connectivity index (χ4n) is 1.94. The SMILES string of the molecule is CCC(C)CC(C)(C(=O)OCC(C)C)C(C)(C)C. The minimum Gasteiger partial charge on any atom is -0.465 e. The predicted molar refractivity (Wildman–Crippen MR) is 77.4 cm³/mol. The molecule has 0 aromatic carbocycles. The van der Waals surface area contributed by atoms with Crippen LogP contribution < -0.4 is 0 Å². The Morgan fingerprint density at radius 1 is 1.11 bits per heavy atom. The first-order chi connectivity index (χ1) is 8.04. The minimum absolute atomic E-state index is 0.0380. The van der Waals surface area contributed by atoms with Gasteiger partial charge in [-0.15, -0.1) is 0 Å². The van der Waals surface area contributed by atoms with Crippen LogP contribution in [0.1, 0.15) is 68.2 Å². The number of esters is 1. The lowest BCUT2D eigenvalue weighted by molar-refractivity contribution is -0.164. The van der Waals surface area contributed by atoms with Crippen molar-refractivity contribution < 1.29 is 9.53 Å². The molecule has 0 N–H and O–H groups in total. The van der Waals surface area contributed by atoms with Crippen LogP contribution in [0.25, 0.3) is 0 Å². The van der Waals surface area contributed by atoms with Crippen molar-refractivity contribution in [2.24, 2.45) is 22.7 Å². The van der Waals surface area contributed by atoms with E-state index in [9.17, 15) is 4.79 Å². The molecule has 0 radical (unpaired) electrons. The maximum Gasteiger partial charge on any atom is 0.312 e. The Hall–Kier alpha value is -0.530. The topological polar surface area (TPSA) is 26.3 Å². The van der Waals surface area contributed by atoms with E-state index < -0.39 is 5.41 Å². The molecule has 0 heterocycles. The first kappa shape index (κ1) is 17.5. The van der Waals surface area contributed by atoms with Crippen molar-refractivity contribution in [3.05, 3.63) is 0 Å². The largest absolute Gasteiger partial charge is 0.465 e. The van der Waals surface area contributed by atoms with Crippen LogP contribution in [0.15, 0.2) is 0 Å². The standard InChI is InChI=1S/C16H32O2/c1-9-13(4)10-16(8,15(5,6)7)14(17)18-11-12(2)3/h12-13H,9-11H2,1-8H3. The van der Waals surface area contributed by atoms with E-state index >= 15 is 0 Å². The number of carbonyl (C=O) groups excluding carboxylic acids is 1. The Bertz CT molecular complexity index is 263. The molecule has 0 spiro atoms.